The second-order valence-corrected chi connectivity index (χ2v) is 6.53. The van der Waals surface area contributed by atoms with E-state index in [0.717, 1.165) is 0 Å². The summed E-state index contributed by atoms with van der Waals surface area (Å²) < 4.78 is 5.50. The molecule has 0 saturated carbocycles. The summed E-state index contributed by atoms with van der Waals surface area (Å²) in [4.78, 5) is 15.8. The average molecular weight is 306 g/mol. The molecule has 21 heavy (non-hydrogen) atoms. The van der Waals surface area contributed by atoms with Crippen molar-refractivity contribution in [2.45, 2.75) is 38.0 Å². The molecule has 0 spiro atoms. The highest BCUT2D eigenvalue weighted by atomic mass is 32.2. The van der Waals surface area contributed by atoms with Crippen LogP contribution in [0.25, 0.3) is 11.6 Å². The van der Waals surface area contributed by atoms with Crippen LogP contribution in [0.3, 0.4) is 0 Å². The van der Waals surface area contributed by atoms with E-state index >= 15 is 0 Å². The molecule has 112 valence electrons. The van der Waals surface area contributed by atoms with Gasteiger partial charge in [-0.15, -0.1) is 10.2 Å². The van der Waals surface area contributed by atoms with Crippen molar-refractivity contribution in [3.05, 3.63) is 24.4 Å². The molecule has 0 aromatic carbocycles. The number of thioether (sulfide) groups is 1. The van der Waals surface area contributed by atoms with E-state index in [0.29, 0.717) is 29.0 Å². The van der Waals surface area contributed by atoms with Gasteiger partial charge >= 0.3 is 0 Å². The third kappa shape index (κ3) is 5.18. The smallest absolute Gasteiger partial charge is 0.276 e. The Morgan fingerprint density at radius 1 is 1.33 bits per heavy atom. The summed E-state index contributed by atoms with van der Waals surface area (Å²) in [5.74, 6) is 0.989. The van der Waals surface area contributed by atoms with E-state index in [1.807, 2.05) is 32.9 Å². The van der Waals surface area contributed by atoms with Crippen LogP contribution in [0.15, 0.2) is 34.0 Å². The molecule has 0 radical (unpaired) electrons. The normalized spacial score (nSPS) is 11.4. The SMILES string of the molecule is CC(C)(C)NC(=O)CCSc1nnc(-c2ccccn2)o1. The Morgan fingerprint density at radius 3 is 2.81 bits per heavy atom. The third-order valence-corrected chi connectivity index (χ3v) is 3.18. The number of amides is 1. The molecule has 0 atom stereocenters. The number of carbonyl (C=O) groups excluding carboxylic acids is 1. The molecule has 2 aromatic heterocycles. The third-order valence-electron chi connectivity index (χ3n) is 2.36. The Labute approximate surface area is 127 Å². The van der Waals surface area contributed by atoms with Crippen molar-refractivity contribution >= 4 is 17.7 Å². The molecule has 0 saturated heterocycles. The van der Waals surface area contributed by atoms with Crippen LogP contribution in [0.4, 0.5) is 0 Å². The van der Waals surface area contributed by atoms with Gasteiger partial charge in [-0.2, -0.15) is 0 Å². The highest BCUT2D eigenvalue weighted by molar-refractivity contribution is 7.99. The first-order chi connectivity index (χ1) is 9.94. The molecule has 2 aromatic rings. The summed E-state index contributed by atoms with van der Waals surface area (Å²) in [6, 6.07) is 5.48. The zero-order valence-electron chi connectivity index (χ0n) is 12.3. The van der Waals surface area contributed by atoms with Gasteiger partial charge in [-0.05, 0) is 32.9 Å². The molecule has 0 aliphatic heterocycles. The predicted octanol–water partition coefficient (Wildman–Crippen LogP) is 2.53. The highest BCUT2D eigenvalue weighted by Crippen LogP contribution is 2.21. The van der Waals surface area contributed by atoms with Crippen molar-refractivity contribution in [3.63, 3.8) is 0 Å². The second-order valence-electron chi connectivity index (χ2n) is 5.48. The number of pyridine rings is 1. The fourth-order valence-corrected chi connectivity index (χ4v) is 2.27. The fraction of sp³-hybridized carbons (Fsp3) is 0.429. The number of rotatable bonds is 5. The van der Waals surface area contributed by atoms with Crippen molar-refractivity contribution in [1.29, 1.82) is 0 Å². The lowest BCUT2D eigenvalue weighted by Crippen LogP contribution is -2.40. The Kier molecular flexibility index (Phi) is 4.95. The van der Waals surface area contributed by atoms with Gasteiger partial charge in [-0.1, -0.05) is 17.8 Å². The van der Waals surface area contributed by atoms with E-state index in [4.69, 9.17) is 4.42 Å². The van der Waals surface area contributed by atoms with Gasteiger partial charge in [0.15, 0.2) is 0 Å². The summed E-state index contributed by atoms with van der Waals surface area (Å²) >= 11 is 1.36. The number of aromatic nitrogens is 3. The maximum atomic E-state index is 11.7. The Balaban J connectivity index is 1.83. The average Bonchev–Trinajstić information content (AvgIpc) is 2.86. The van der Waals surface area contributed by atoms with E-state index in [1.54, 1.807) is 12.3 Å². The molecular weight excluding hydrogens is 288 g/mol. The van der Waals surface area contributed by atoms with Crippen molar-refractivity contribution < 1.29 is 9.21 Å². The minimum atomic E-state index is -0.210. The van der Waals surface area contributed by atoms with Gasteiger partial charge in [0.2, 0.25) is 5.91 Å². The lowest BCUT2D eigenvalue weighted by molar-refractivity contribution is -0.122. The molecule has 0 bridgehead atoms. The van der Waals surface area contributed by atoms with E-state index in [9.17, 15) is 4.79 Å². The second kappa shape index (κ2) is 6.71. The van der Waals surface area contributed by atoms with Gasteiger partial charge in [-0.25, -0.2) is 0 Å². The summed E-state index contributed by atoms with van der Waals surface area (Å²) in [7, 11) is 0. The summed E-state index contributed by atoms with van der Waals surface area (Å²) in [5.41, 5.74) is 0.431. The van der Waals surface area contributed by atoms with Crippen LogP contribution in [0.5, 0.6) is 0 Å². The number of hydrogen-bond acceptors (Lipinski definition) is 6. The van der Waals surface area contributed by atoms with Crippen LogP contribution in [0.2, 0.25) is 0 Å². The van der Waals surface area contributed by atoms with Crippen LogP contribution in [-0.2, 0) is 4.79 Å². The van der Waals surface area contributed by atoms with Gasteiger partial charge in [0.05, 0.1) is 0 Å². The van der Waals surface area contributed by atoms with E-state index in [-0.39, 0.29) is 11.4 Å². The topological polar surface area (TPSA) is 80.9 Å². The van der Waals surface area contributed by atoms with Crippen LogP contribution < -0.4 is 5.32 Å². The van der Waals surface area contributed by atoms with Crippen molar-refractivity contribution in [2.75, 3.05) is 5.75 Å². The van der Waals surface area contributed by atoms with E-state index < -0.39 is 0 Å². The maximum Gasteiger partial charge on any atom is 0.276 e. The van der Waals surface area contributed by atoms with Crippen LogP contribution in [0.1, 0.15) is 27.2 Å². The molecule has 6 nitrogen and oxygen atoms in total. The van der Waals surface area contributed by atoms with Gasteiger partial charge in [0.25, 0.3) is 11.1 Å². The van der Waals surface area contributed by atoms with Crippen molar-refractivity contribution in [1.82, 2.24) is 20.5 Å². The van der Waals surface area contributed by atoms with E-state index in [1.165, 1.54) is 11.8 Å². The zero-order chi connectivity index (χ0) is 15.3. The maximum absolute atomic E-state index is 11.7. The van der Waals surface area contributed by atoms with Crippen molar-refractivity contribution in [3.8, 4) is 11.6 Å². The predicted molar refractivity (Wildman–Crippen MR) is 80.8 cm³/mol. The molecule has 2 heterocycles. The van der Waals surface area contributed by atoms with Gasteiger partial charge in [0.1, 0.15) is 5.69 Å². The number of nitrogens with zero attached hydrogens (tertiary/aromatic N) is 3. The van der Waals surface area contributed by atoms with Gasteiger partial charge in [0, 0.05) is 23.9 Å². The number of hydrogen-bond donors (Lipinski definition) is 1. The standard InChI is InChI=1S/C14H18N4O2S/c1-14(2,3)16-11(19)7-9-21-13-18-17-12(20-13)10-6-4-5-8-15-10/h4-6,8H,7,9H2,1-3H3,(H,16,19). The number of carbonyl (C=O) groups is 1. The minimum absolute atomic E-state index is 0.0134. The summed E-state index contributed by atoms with van der Waals surface area (Å²) in [6.07, 6.45) is 2.08. The van der Waals surface area contributed by atoms with E-state index in [2.05, 4.69) is 20.5 Å². The Bertz CT molecular complexity index is 593. The highest BCUT2D eigenvalue weighted by Gasteiger charge is 2.14. The lowest BCUT2D eigenvalue weighted by Gasteiger charge is -2.20. The first kappa shape index (κ1) is 15.5. The van der Waals surface area contributed by atoms with Gasteiger partial charge in [-0.3, -0.25) is 9.78 Å². The Morgan fingerprint density at radius 2 is 2.14 bits per heavy atom. The van der Waals surface area contributed by atoms with Crippen LogP contribution in [0, 0.1) is 0 Å². The molecule has 0 unspecified atom stereocenters. The molecule has 7 heteroatoms. The zero-order valence-corrected chi connectivity index (χ0v) is 13.1. The first-order valence-electron chi connectivity index (χ1n) is 6.63. The minimum Gasteiger partial charge on any atom is -0.410 e. The molecule has 0 aliphatic rings. The molecule has 1 amide bonds. The largest absolute Gasteiger partial charge is 0.410 e. The quantitative estimate of drug-likeness (QED) is 0.855. The molecule has 0 fully saturated rings. The molecule has 2 rings (SSSR count). The molecule has 1 N–H and O–H groups in total. The van der Waals surface area contributed by atoms with Crippen LogP contribution in [-0.4, -0.2) is 32.4 Å². The summed E-state index contributed by atoms with van der Waals surface area (Å²) in [6.45, 7) is 5.86. The summed E-state index contributed by atoms with van der Waals surface area (Å²) in [5, 5.41) is 11.2. The Hall–Kier alpha value is -1.89. The van der Waals surface area contributed by atoms with Gasteiger partial charge < -0.3 is 9.73 Å². The van der Waals surface area contributed by atoms with Crippen LogP contribution >= 0.6 is 11.8 Å². The van der Waals surface area contributed by atoms with Crippen molar-refractivity contribution in [2.24, 2.45) is 0 Å². The molecular formula is C14H18N4O2S. The molecule has 0 aliphatic carbocycles. The lowest BCUT2D eigenvalue weighted by atomic mass is 10.1. The number of nitrogens with one attached hydrogen (secondary N) is 1. The fourth-order valence-electron chi connectivity index (χ4n) is 1.57. The monoisotopic (exact) mass is 306 g/mol. The first-order valence-corrected chi connectivity index (χ1v) is 7.61.